The number of carbonyl (C=O) groups is 1. The van der Waals surface area contributed by atoms with Crippen molar-refractivity contribution in [3.63, 3.8) is 0 Å². The lowest BCUT2D eigenvalue weighted by atomic mass is 9.87. The third-order valence-corrected chi connectivity index (χ3v) is 7.52. The van der Waals surface area contributed by atoms with E-state index in [2.05, 4.69) is 20.7 Å². The highest BCUT2D eigenvalue weighted by Gasteiger charge is 2.36. The van der Waals surface area contributed by atoms with Crippen LogP contribution in [0, 0.1) is 20.8 Å². The maximum atomic E-state index is 12.7. The second-order valence-corrected chi connectivity index (χ2v) is 10.6. The Balaban J connectivity index is 1.84. The molecular formula is C22H26BrNO5S. The molecule has 0 aromatic heterocycles. The molecule has 1 unspecified atom stereocenters. The van der Waals surface area contributed by atoms with E-state index in [4.69, 9.17) is 9.47 Å². The smallest absolute Gasteiger partial charge is 0.308 e. The minimum absolute atomic E-state index is 0.147. The Labute approximate surface area is 186 Å². The predicted octanol–water partition coefficient (Wildman–Crippen LogP) is 4.36. The van der Waals surface area contributed by atoms with E-state index in [0.29, 0.717) is 18.6 Å². The Morgan fingerprint density at radius 1 is 1.17 bits per heavy atom. The van der Waals surface area contributed by atoms with Gasteiger partial charge in [-0.1, -0.05) is 15.9 Å². The summed E-state index contributed by atoms with van der Waals surface area (Å²) in [7, 11) is -3.65. The molecule has 3 rings (SSSR count). The zero-order chi connectivity index (χ0) is 22.3. The number of fused-ring (bicyclic) bond motifs is 1. The quantitative estimate of drug-likeness (QED) is 0.492. The van der Waals surface area contributed by atoms with Gasteiger partial charge in [0, 0.05) is 17.0 Å². The van der Waals surface area contributed by atoms with Gasteiger partial charge in [-0.3, -0.25) is 4.79 Å². The first kappa shape index (κ1) is 22.8. The van der Waals surface area contributed by atoms with Crippen molar-refractivity contribution in [2.45, 2.75) is 58.0 Å². The number of rotatable bonds is 5. The van der Waals surface area contributed by atoms with Crippen molar-refractivity contribution >= 4 is 31.9 Å². The maximum Gasteiger partial charge on any atom is 0.308 e. The highest BCUT2D eigenvalue weighted by Crippen LogP contribution is 2.43. The summed E-state index contributed by atoms with van der Waals surface area (Å²) in [6.45, 7) is 9.19. The molecule has 1 aliphatic rings. The molecule has 1 N–H and O–H groups in total. The second-order valence-electron chi connectivity index (χ2n) is 7.94. The summed E-state index contributed by atoms with van der Waals surface area (Å²) in [6, 6.07) is 6.50. The summed E-state index contributed by atoms with van der Waals surface area (Å²) in [5.41, 5.74) is 2.94. The van der Waals surface area contributed by atoms with Crippen molar-refractivity contribution in [2.75, 3.05) is 6.54 Å². The molecule has 2 aromatic rings. The molecule has 0 aliphatic carbocycles. The van der Waals surface area contributed by atoms with Gasteiger partial charge >= 0.3 is 5.97 Å². The normalized spacial score (nSPS) is 18.5. The Morgan fingerprint density at radius 3 is 2.40 bits per heavy atom. The van der Waals surface area contributed by atoms with E-state index < -0.39 is 15.6 Å². The highest BCUT2D eigenvalue weighted by atomic mass is 79.9. The Hall–Kier alpha value is -1.90. The maximum absolute atomic E-state index is 12.7. The number of carbonyl (C=O) groups excluding carboxylic acids is 1. The Morgan fingerprint density at radius 2 is 1.80 bits per heavy atom. The molecule has 1 aliphatic heterocycles. The molecule has 0 spiro atoms. The fraction of sp³-hybridized carbons (Fsp3) is 0.409. The van der Waals surface area contributed by atoms with Crippen LogP contribution in [0.2, 0.25) is 0 Å². The first-order chi connectivity index (χ1) is 13.9. The van der Waals surface area contributed by atoms with Gasteiger partial charge < -0.3 is 9.47 Å². The van der Waals surface area contributed by atoms with Crippen molar-refractivity contribution in [1.82, 2.24) is 4.72 Å². The van der Waals surface area contributed by atoms with Gasteiger partial charge in [-0.25, -0.2) is 13.1 Å². The summed E-state index contributed by atoms with van der Waals surface area (Å²) in [5.74, 6) is 0.976. The van der Waals surface area contributed by atoms with E-state index >= 15 is 0 Å². The monoisotopic (exact) mass is 495 g/mol. The fourth-order valence-corrected chi connectivity index (χ4v) is 5.07. The van der Waals surface area contributed by atoms with E-state index in [-0.39, 0.29) is 17.4 Å². The molecule has 6 nitrogen and oxygen atoms in total. The lowest BCUT2D eigenvalue weighted by Gasteiger charge is -2.38. The zero-order valence-corrected chi connectivity index (χ0v) is 20.2. The van der Waals surface area contributed by atoms with Crippen molar-refractivity contribution < 1.29 is 22.7 Å². The third kappa shape index (κ3) is 4.55. The SMILES string of the molecule is CC(=O)Oc1c(C)c(C)c2c(c1C)CCC(C)(CNS(=O)(=O)c1ccc(Br)cc1)O2. The van der Waals surface area contributed by atoms with Crippen LogP contribution in [0.4, 0.5) is 0 Å². The van der Waals surface area contributed by atoms with Gasteiger partial charge in [-0.2, -0.15) is 0 Å². The van der Waals surface area contributed by atoms with E-state index in [1.807, 2.05) is 27.7 Å². The van der Waals surface area contributed by atoms with Crippen molar-refractivity contribution in [2.24, 2.45) is 0 Å². The van der Waals surface area contributed by atoms with Crippen LogP contribution in [0.25, 0.3) is 0 Å². The Bertz CT molecular complexity index is 1100. The fourth-order valence-electron chi connectivity index (χ4n) is 3.65. The number of hydrogen-bond acceptors (Lipinski definition) is 5. The molecule has 0 bridgehead atoms. The minimum Gasteiger partial charge on any atom is -0.486 e. The summed E-state index contributed by atoms with van der Waals surface area (Å²) in [4.78, 5) is 11.7. The first-order valence-corrected chi connectivity index (χ1v) is 12.0. The average molecular weight is 496 g/mol. The summed E-state index contributed by atoms with van der Waals surface area (Å²) in [5, 5.41) is 0. The lowest BCUT2D eigenvalue weighted by molar-refractivity contribution is -0.132. The van der Waals surface area contributed by atoms with Crippen LogP contribution >= 0.6 is 15.9 Å². The summed E-state index contributed by atoms with van der Waals surface area (Å²) < 4.78 is 40.6. The molecule has 162 valence electrons. The van der Waals surface area contributed by atoms with E-state index in [0.717, 1.165) is 32.5 Å². The number of sulfonamides is 1. The molecule has 1 atom stereocenters. The molecule has 2 aromatic carbocycles. The van der Waals surface area contributed by atoms with Gasteiger partial charge in [0.15, 0.2) is 0 Å². The van der Waals surface area contributed by atoms with Crippen LogP contribution in [0.1, 0.15) is 42.5 Å². The van der Waals surface area contributed by atoms with E-state index in [9.17, 15) is 13.2 Å². The number of benzene rings is 2. The van der Waals surface area contributed by atoms with Crippen LogP contribution in [0.15, 0.2) is 33.6 Å². The largest absolute Gasteiger partial charge is 0.486 e. The van der Waals surface area contributed by atoms with Crippen LogP contribution in [0.3, 0.4) is 0 Å². The van der Waals surface area contributed by atoms with Crippen molar-refractivity contribution in [1.29, 1.82) is 0 Å². The molecule has 0 saturated heterocycles. The standard InChI is InChI=1S/C22H26BrNO5S/c1-13-14(2)21-19(15(3)20(13)28-16(4)25)10-11-22(5,29-21)12-24-30(26,27)18-8-6-17(23)7-9-18/h6-9,24H,10-12H2,1-5H3. The average Bonchev–Trinajstić information content (AvgIpc) is 2.68. The van der Waals surface area contributed by atoms with Crippen molar-refractivity contribution in [3.8, 4) is 11.5 Å². The van der Waals surface area contributed by atoms with Gasteiger partial charge in [-0.05, 0) is 81.5 Å². The third-order valence-electron chi connectivity index (χ3n) is 5.57. The Kier molecular flexibility index (Phi) is 6.32. The van der Waals surface area contributed by atoms with Crippen LogP contribution in [-0.4, -0.2) is 26.5 Å². The summed E-state index contributed by atoms with van der Waals surface area (Å²) >= 11 is 3.31. The molecule has 0 amide bonds. The number of ether oxygens (including phenoxy) is 2. The molecular weight excluding hydrogens is 470 g/mol. The first-order valence-electron chi connectivity index (χ1n) is 9.69. The number of halogens is 1. The summed E-state index contributed by atoms with van der Waals surface area (Å²) in [6.07, 6.45) is 1.33. The van der Waals surface area contributed by atoms with Crippen LogP contribution in [-0.2, 0) is 21.2 Å². The van der Waals surface area contributed by atoms with Gasteiger partial charge in [0.25, 0.3) is 0 Å². The molecule has 0 saturated carbocycles. The van der Waals surface area contributed by atoms with Gasteiger partial charge in [0.1, 0.15) is 17.1 Å². The predicted molar refractivity (Wildman–Crippen MR) is 119 cm³/mol. The van der Waals surface area contributed by atoms with Gasteiger partial charge in [0.05, 0.1) is 11.4 Å². The number of hydrogen-bond donors (Lipinski definition) is 1. The van der Waals surface area contributed by atoms with Crippen molar-refractivity contribution in [3.05, 3.63) is 51.0 Å². The minimum atomic E-state index is -3.65. The number of esters is 1. The van der Waals surface area contributed by atoms with E-state index in [1.165, 1.54) is 6.92 Å². The molecule has 8 heteroatoms. The zero-order valence-electron chi connectivity index (χ0n) is 17.8. The molecule has 0 fully saturated rings. The second kappa shape index (κ2) is 8.32. The van der Waals surface area contributed by atoms with Gasteiger partial charge in [0.2, 0.25) is 10.0 Å². The topological polar surface area (TPSA) is 81.7 Å². The molecule has 1 heterocycles. The van der Waals surface area contributed by atoms with Gasteiger partial charge in [-0.15, -0.1) is 0 Å². The molecule has 30 heavy (non-hydrogen) atoms. The number of nitrogens with one attached hydrogen (secondary N) is 1. The van der Waals surface area contributed by atoms with Crippen LogP contribution in [0.5, 0.6) is 11.5 Å². The van der Waals surface area contributed by atoms with E-state index in [1.54, 1.807) is 24.3 Å². The lowest BCUT2D eigenvalue weighted by Crippen LogP contribution is -2.47. The highest BCUT2D eigenvalue weighted by molar-refractivity contribution is 9.10. The molecule has 0 radical (unpaired) electrons. The van der Waals surface area contributed by atoms with Crippen LogP contribution < -0.4 is 14.2 Å².